The largest absolute Gasteiger partial charge is 0.391 e. The van der Waals surface area contributed by atoms with Gasteiger partial charge in [0.05, 0.1) is 28.1 Å². The van der Waals surface area contributed by atoms with Crippen LogP contribution in [0, 0.1) is 10.1 Å². The van der Waals surface area contributed by atoms with Crippen LogP contribution < -0.4 is 0 Å². The predicted octanol–water partition coefficient (Wildman–Crippen LogP) is 4.48. The van der Waals surface area contributed by atoms with Crippen LogP contribution in [-0.2, 0) is 0 Å². The third-order valence-electron chi connectivity index (χ3n) is 5.53. The summed E-state index contributed by atoms with van der Waals surface area (Å²) in [6.45, 7) is 1.84. The Balaban J connectivity index is 1.78. The Bertz CT molecular complexity index is 893. The van der Waals surface area contributed by atoms with Gasteiger partial charge >= 0.3 is 0 Å². The Labute approximate surface area is 162 Å². The van der Waals surface area contributed by atoms with Gasteiger partial charge in [0, 0.05) is 23.2 Å². The molecule has 0 aromatic heterocycles. The van der Waals surface area contributed by atoms with E-state index in [2.05, 4.69) is 4.90 Å². The van der Waals surface area contributed by atoms with E-state index in [-0.39, 0.29) is 16.7 Å². The van der Waals surface area contributed by atoms with Gasteiger partial charge in [-0.25, -0.2) is 4.99 Å². The fourth-order valence-electron chi connectivity index (χ4n) is 4.15. The standard InChI is InChI=1S/C20H23N3O3S/c1-13(24)19-12-27-20(22(19)14-6-2-3-7-14)21-17-10-11-18(23(25)26)16-9-5-4-8-15(16)17/h4-5,8-11,13-14,19,24H,2-3,6-7,12H2,1H3/b21-20-/t13-,19-/m1/s1. The van der Waals surface area contributed by atoms with Crippen LogP contribution in [0.5, 0.6) is 0 Å². The molecular formula is C20H23N3O3S. The first-order chi connectivity index (χ1) is 13.1. The van der Waals surface area contributed by atoms with Gasteiger partial charge in [0.25, 0.3) is 5.69 Å². The first-order valence-electron chi connectivity index (χ1n) is 9.40. The molecule has 27 heavy (non-hydrogen) atoms. The van der Waals surface area contributed by atoms with Crippen molar-refractivity contribution in [3.63, 3.8) is 0 Å². The van der Waals surface area contributed by atoms with Crippen molar-refractivity contribution in [3.05, 3.63) is 46.5 Å². The number of thioether (sulfide) groups is 1. The molecular weight excluding hydrogens is 362 g/mol. The smallest absolute Gasteiger partial charge is 0.277 e. The maximum Gasteiger partial charge on any atom is 0.277 e. The number of fused-ring (bicyclic) bond motifs is 1. The number of amidine groups is 1. The predicted molar refractivity (Wildman–Crippen MR) is 110 cm³/mol. The monoisotopic (exact) mass is 385 g/mol. The van der Waals surface area contributed by atoms with Crippen molar-refractivity contribution >= 4 is 39.1 Å². The first kappa shape index (κ1) is 18.3. The van der Waals surface area contributed by atoms with Crippen molar-refractivity contribution in [1.29, 1.82) is 0 Å². The highest BCUT2D eigenvalue weighted by molar-refractivity contribution is 8.14. The summed E-state index contributed by atoms with van der Waals surface area (Å²) in [7, 11) is 0. The molecule has 1 saturated carbocycles. The van der Waals surface area contributed by atoms with Gasteiger partial charge in [0.2, 0.25) is 0 Å². The van der Waals surface area contributed by atoms with Crippen LogP contribution in [0.25, 0.3) is 10.8 Å². The zero-order chi connectivity index (χ0) is 19.0. The van der Waals surface area contributed by atoms with Gasteiger partial charge in [-0.15, -0.1) is 0 Å². The number of nitrogens with zero attached hydrogens (tertiary/aromatic N) is 3. The number of benzene rings is 2. The summed E-state index contributed by atoms with van der Waals surface area (Å²) in [5.41, 5.74) is 0.844. The second kappa shape index (κ2) is 7.48. The molecule has 0 bridgehead atoms. The molecule has 1 heterocycles. The maximum absolute atomic E-state index is 11.3. The highest BCUT2D eigenvalue weighted by Crippen LogP contribution is 2.38. The fraction of sp³-hybridized carbons (Fsp3) is 0.450. The first-order valence-corrected chi connectivity index (χ1v) is 10.4. The molecule has 2 aromatic carbocycles. The second-order valence-corrected chi connectivity index (χ2v) is 8.25. The molecule has 0 amide bonds. The lowest BCUT2D eigenvalue weighted by Crippen LogP contribution is -2.46. The average molecular weight is 385 g/mol. The number of hydrogen-bond acceptors (Lipinski definition) is 5. The van der Waals surface area contributed by atoms with Gasteiger partial charge in [-0.05, 0) is 31.9 Å². The van der Waals surface area contributed by atoms with Crippen molar-refractivity contribution in [1.82, 2.24) is 4.90 Å². The molecule has 2 fully saturated rings. The molecule has 1 N–H and O–H groups in total. The zero-order valence-electron chi connectivity index (χ0n) is 15.2. The van der Waals surface area contributed by atoms with E-state index in [1.807, 2.05) is 25.1 Å². The lowest BCUT2D eigenvalue weighted by atomic mass is 10.1. The fourth-order valence-corrected chi connectivity index (χ4v) is 5.51. The zero-order valence-corrected chi connectivity index (χ0v) is 16.1. The van der Waals surface area contributed by atoms with E-state index in [9.17, 15) is 15.2 Å². The molecule has 7 heteroatoms. The summed E-state index contributed by atoms with van der Waals surface area (Å²) in [6, 6.07) is 11.1. The van der Waals surface area contributed by atoms with Gasteiger partial charge in [-0.2, -0.15) is 0 Å². The molecule has 6 nitrogen and oxygen atoms in total. The highest BCUT2D eigenvalue weighted by atomic mass is 32.2. The Morgan fingerprint density at radius 2 is 1.93 bits per heavy atom. The van der Waals surface area contributed by atoms with Crippen LogP contribution in [0.15, 0.2) is 41.4 Å². The summed E-state index contributed by atoms with van der Waals surface area (Å²) in [4.78, 5) is 18.2. The lowest BCUT2D eigenvalue weighted by molar-refractivity contribution is -0.383. The Kier molecular flexibility index (Phi) is 5.06. The maximum atomic E-state index is 11.3. The van der Waals surface area contributed by atoms with Crippen LogP contribution in [-0.4, -0.2) is 44.0 Å². The minimum Gasteiger partial charge on any atom is -0.391 e. The quantitative estimate of drug-likeness (QED) is 0.620. The Morgan fingerprint density at radius 3 is 2.59 bits per heavy atom. The van der Waals surface area contributed by atoms with Crippen molar-refractivity contribution in [2.45, 2.75) is 50.8 Å². The van der Waals surface area contributed by atoms with Crippen LogP contribution in [0.2, 0.25) is 0 Å². The van der Waals surface area contributed by atoms with Crippen molar-refractivity contribution in [3.8, 4) is 0 Å². The second-order valence-electron chi connectivity index (χ2n) is 7.27. The van der Waals surface area contributed by atoms with Crippen LogP contribution >= 0.6 is 11.8 Å². The molecule has 2 atom stereocenters. The number of aliphatic hydroxyl groups excluding tert-OH is 1. The molecule has 142 valence electrons. The van der Waals surface area contributed by atoms with E-state index in [1.165, 1.54) is 18.9 Å². The number of non-ortho nitro benzene ring substituents is 1. The van der Waals surface area contributed by atoms with Gasteiger partial charge in [0.15, 0.2) is 5.17 Å². The van der Waals surface area contributed by atoms with Crippen molar-refractivity contribution in [2.24, 2.45) is 4.99 Å². The lowest BCUT2D eigenvalue weighted by Gasteiger charge is -2.33. The molecule has 2 aromatic rings. The SMILES string of the molecule is C[C@@H](O)[C@H]1CS/C(=N\c2ccc([N+](=O)[O-])c3ccccc23)N1C1CCCC1. The van der Waals surface area contributed by atoms with E-state index in [1.54, 1.807) is 23.9 Å². The van der Waals surface area contributed by atoms with Gasteiger partial charge in [-0.3, -0.25) is 10.1 Å². The minimum atomic E-state index is -0.417. The number of nitro groups is 1. The number of nitro benzene ring substituents is 1. The molecule has 0 unspecified atom stereocenters. The topological polar surface area (TPSA) is 79.0 Å². The third-order valence-corrected chi connectivity index (χ3v) is 6.60. The van der Waals surface area contributed by atoms with Crippen molar-refractivity contribution < 1.29 is 10.0 Å². The Hall–Kier alpha value is -2.12. The minimum absolute atomic E-state index is 0.0705. The summed E-state index contributed by atoms with van der Waals surface area (Å²) in [5, 5.41) is 23.9. The Morgan fingerprint density at radius 1 is 1.22 bits per heavy atom. The molecule has 0 radical (unpaired) electrons. The molecule has 1 saturated heterocycles. The summed E-state index contributed by atoms with van der Waals surface area (Å²) in [6.07, 6.45) is 4.27. The summed E-state index contributed by atoms with van der Waals surface area (Å²) >= 11 is 1.67. The van der Waals surface area contributed by atoms with E-state index in [0.29, 0.717) is 11.4 Å². The molecule has 1 aliphatic carbocycles. The van der Waals surface area contributed by atoms with Gasteiger partial charge < -0.3 is 10.0 Å². The number of aliphatic imine (C=N–C) groups is 1. The van der Waals surface area contributed by atoms with Crippen LogP contribution in [0.3, 0.4) is 0 Å². The molecule has 1 aliphatic heterocycles. The van der Waals surface area contributed by atoms with E-state index in [0.717, 1.165) is 34.8 Å². The van der Waals surface area contributed by atoms with E-state index < -0.39 is 6.10 Å². The van der Waals surface area contributed by atoms with E-state index in [4.69, 9.17) is 4.99 Å². The van der Waals surface area contributed by atoms with Gasteiger partial charge in [0.1, 0.15) is 0 Å². The van der Waals surface area contributed by atoms with Crippen LogP contribution in [0.1, 0.15) is 32.6 Å². The summed E-state index contributed by atoms with van der Waals surface area (Å²) < 4.78 is 0. The van der Waals surface area contributed by atoms with Crippen molar-refractivity contribution in [2.75, 3.05) is 5.75 Å². The normalized spacial score (nSPS) is 23.4. The number of rotatable bonds is 4. The summed E-state index contributed by atoms with van der Waals surface area (Å²) in [5.74, 6) is 0.817. The number of hydrogen-bond donors (Lipinski definition) is 1. The van der Waals surface area contributed by atoms with Crippen LogP contribution in [0.4, 0.5) is 11.4 Å². The van der Waals surface area contributed by atoms with E-state index >= 15 is 0 Å². The average Bonchev–Trinajstić information content (AvgIpc) is 3.31. The molecule has 2 aliphatic rings. The number of aliphatic hydroxyl groups is 1. The third kappa shape index (κ3) is 3.41. The molecule has 0 spiro atoms. The van der Waals surface area contributed by atoms with Gasteiger partial charge in [-0.1, -0.05) is 42.8 Å². The molecule has 4 rings (SSSR count). The highest BCUT2D eigenvalue weighted by Gasteiger charge is 2.39.